The molecule has 2 rings (SSSR count). The highest BCUT2D eigenvalue weighted by Gasteiger charge is 2.20. The standard InChI is InChI=1S/C14H18O/c1-14(2)9-7-11-5-3-4-6-12(11)13(15)8-10-14/h3-7,9,13,15H,8,10H2,1-2H3/b9-7-. The molecule has 1 aromatic carbocycles. The minimum Gasteiger partial charge on any atom is -0.388 e. The molecule has 0 aromatic heterocycles. The minimum atomic E-state index is -0.314. The number of hydrogen-bond donors (Lipinski definition) is 1. The highest BCUT2D eigenvalue weighted by atomic mass is 16.3. The van der Waals surface area contributed by atoms with Crippen LogP contribution in [-0.4, -0.2) is 5.11 Å². The zero-order valence-corrected chi connectivity index (χ0v) is 9.40. The fraction of sp³-hybridized carbons (Fsp3) is 0.429. The van der Waals surface area contributed by atoms with Gasteiger partial charge in [-0.25, -0.2) is 0 Å². The molecule has 1 unspecified atom stereocenters. The Morgan fingerprint density at radius 2 is 2.00 bits per heavy atom. The van der Waals surface area contributed by atoms with Gasteiger partial charge in [0.05, 0.1) is 6.10 Å². The molecule has 0 saturated carbocycles. The smallest absolute Gasteiger partial charge is 0.0796 e. The van der Waals surface area contributed by atoms with Crippen LogP contribution in [0.4, 0.5) is 0 Å². The first-order chi connectivity index (χ1) is 7.08. The molecule has 0 fully saturated rings. The van der Waals surface area contributed by atoms with Crippen molar-refractivity contribution >= 4 is 6.08 Å². The molecular weight excluding hydrogens is 184 g/mol. The fourth-order valence-corrected chi connectivity index (χ4v) is 2.03. The molecule has 1 atom stereocenters. The number of aliphatic hydroxyl groups excluding tert-OH is 1. The lowest BCUT2D eigenvalue weighted by atomic mass is 9.82. The van der Waals surface area contributed by atoms with Crippen LogP contribution in [0.25, 0.3) is 6.08 Å². The molecular formula is C14H18O. The third-order valence-corrected chi connectivity index (χ3v) is 3.13. The topological polar surface area (TPSA) is 20.2 Å². The van der Waals surface area contributed by atoms with Gasteiger partial charge in [0.2, 0.25) is 0 Å². The molecule has 0 spiro atoms. The Morgan fingerprint density at radius 1 is 1.27 bits per heavy atom. The van der Waals surface area contributed by atoms with Gasteiger partial charge in [-0.3, -0.25) is 0 Å². The van der Waals surface area contributed by atoms with Crippen LogP contribution in [0.3, 0.4) is 0 Å². The van der Waals surface area contributed by atoms with Crippen molar-refractivity contribution in [3.8, 4) is 0 Å². The number of hydrogen-bond acceptors (Lipinski definition) is 1. The second-order valence-corrected chi connectivity index (χ2v) is 5.01. The minimum absolute atomic E-state index is 0.189. The lowest BCUT2D eigenvalue weighted by Gasteiger charge is -2.25. The molecule has 0 heterocycles. The van der Waals surface area contributed by atoms with Gasteiger partial charge in [0.1, 0.15) is 0 Å². The summed E-state index contributed by atoms with van der Waals surface area (Å²) in [7, 11) is 0. The van der Waals surface area contributed by atoms with E-state index in [4.69, 9.17) is 0 Å². The highest BCUT2D eigenvalue weighted by molar-refractivity contribution is 5.55. The van der Waals surface area contributed by atoms with Gasteiger partial charge >= 0.3 is 0 Å². The maximum absolute atomic E-state index is 10.1. The van der Waals surface area contributed by atoms with Gasteiger partial charge in [0.25, 0.3) is 0 Å². The molecule has 0 aliphatic heterocycles. The largest absolute Gasteiger partial charge is 0.388 e. The Hall–Kier alpha value is -1.08. The number of rotatable bonds is 0. The Bertz CT molecular complexity index is 377. The summed E-state index contributed by atoms with van der Waals surface area (Å²) >= 11 is 0. The van der Waals surface area contributed by atoms with Crippen molar-refractivity contribution in [2.24, 2.45) is 5.41 Å². The summed E-state index contributed by atoms with van der Waals surface area (Å²) in [6, 6.07) is 8.09. The summed E-state index contributed by atoms with van der Waals surface area (Å²) in [6.45, 7) is 4.42. The van der Waals surface area contributed by atoms with Crippen LogP contribution in [0.2, 0.25) is 0 Å². The first-order valence-electron chi connectivity index (χ1n) is 5.55. The van der Waals surface area contributed by atoms with Crippen molar-refractivity contribution < 1.29 is 5.11 Å². The van der Waals surface area contributed by atoms with E-state index < -0.39 is 0 Å². The number of aliphatic hydroxyl groups is 1. The SMILES string of the molecule is CC1(C)/C=C\c2ccccc2C(O)CC1. The Kier molecular flexibility index (Phi) is 2.66. The van der Waals surface area contributed by atoms with Crippen molar-refractivity contribution in [2.45, 2.75) is 32.8 Å². The van der Waals surface area contributed by atoms with Gasteiger partial charge in [-0.15, -0.1) is 0 Å². The van der Waals surface area contributed by atoms with E-state index in [0.717, 1.165) is 24.0 Å². The van der Waals surface area contributed by atoms with Crippen LogP contribution in [0.1, 0.15) is 43.9 Å². The maximum atomic E-state index is 10.1. The Labute approximate surface area is 91.4 Å². The average molecular weight is 202 g/mol. The molecule has 1 aliphatic rings. The average Bonchev–Trinajstić information content (AvgIpc) is 2.22. The van der Waals surface area contributed by atoms with Gasteiger partial charge in [0.15, 0.2) is 0 Å². The van der Waals surface area contributed by atoms with Gasteiger partial charge in [-0.2, -0.15) is 0 Å². The molecule has 1 aromatic rings. The summed E-state index contributed by atoms with van der Waals surface area (Å²) in [5.41, 5.74) is 2.40. The zero-order chi connectivity index (χ0) is 10.9. The predicted octanol–water partition coefficient (Wildman–Crippen LogP) is 3.55. The second kappa shape index (κ2) is 3.82. The number of benzene rings is 1. The van der Waals surface area contributed by atoms with Crippen LogP contribution in [0, 0.1) is 5.41 Å². The third kappa shape index (κ3) is 2.29. The van der Waals surface area contributed by atoms with E-state index in [0.29, 0.717) is 0 Å². The van der Waals surface area contributed by atoms with E-state index >= 15 is 0 Å². The van der Waals surface area contributed by atoms with Gasteiger partial charge < -0.3 is 5.11 Å². The molecule has 1 aliphatic carbocycles. The number of allylic oxidation sites excluding steroid dienone is 1. The molecule has 0 bridgehead atoms. The number of fused-ring (bicyclic) bond motifs is 1. The van der Waals surface area contributed by atoms with E-state index in [1.54, 1.807) is 0 Å². The molecule has 15 heavy (non-hydrogen) atoms. The van der Waals surface area contributed by atoms with Crippen molar-refractivity contribution in [2.75, 3.05) is 0 Å². The molecule has 0 radical (unpaired) electrons. The summed E-state index contributed by atoms with van der Waals surface area (Å²) in [5, 5.41) is 10.1. The first-order valence-corrected chi connectivity index (χ1v) is 5.55. The molecule has 1 nitrogen and oxygen atoms in total. The zero-order valence-electron chi connectivity index (χ0n) is 9.40. The first kappa shape index (κ1) is 10.4. The predicted molar refractivity (Wildman–Crippen MR) is 63.5 cm³/mol. The van der Waals surface area contributed by atoms with Crippen molar-refractivity contribution in [1.82, 2.24) is 0 Å². The molecule has 0 amide bonds. The van der Waals surface area contributed by atoms with Gasteiger partial charge in [-0.1, -0.05) is 50.3 Å². The van der Waals surface area contributed by atoms with E-state index in [1.807, 2.05) is 18.2 Å². The van der Waals surface area contributed by atoms with Crippen molar-refractivity contribution in [3.05, 3.63) is 41.5 Å². The lowest BCUT2D eigenvalue weighted by molar-refractivity contribution is 0.151. The Balaban J connectivity index is 2.44. The second-order valence-electron chi connectivity index (χ2n) is 5.01. The van der Waals surface area contributed by atoms with E-state index in [1.165, 1.54) is 0 Å². The summed E-state index contributed by atoms with van der Waals surface area (Å²) in [6.07, 6.45) is 5.94. The van der Waals surface area contributed by atoms with E-state index in [-0.39, 0.29) is 11.5 Å². The monoisotopic (exact) mass is 202 g/mol. The molecule has 0 saturated heterocycles. The van der Waals surface area contributed by atoms with Crippen LogP contribution >= 0.6 is 0 Å². The van der Waals surface area contributed by atoms with Crippen LogP contribution in [0.5, 0.6) is 0 Å². The molecule has 1 heteroatoms. The van der Waals surface area contributed by atoms with E-state index in [9.17, 15) is 5.11 Å². The Morgan fingerprint density at radius 3 is 2.80 bits per heavy atom. The molecule has 80 valence electrons. The highest BCUT2D eigenvalue weighted by Crippen LogP contribution is 2.34. The normalized spacial score (nSPS) is 26.2. The third-order valence-electron chi connectivity index (χ3n) is 3.13. The van der Waals surface area contributed by atoms with Crippen molar-refractivity contribution in [1.29, 1.82) is 0 Å². The lowest BCUT2D eigenvalue weighted by Crippen LogP contribution is -2.12. The van der Waals surface area contributed by atoms with Gasteiger partial charge in [-0.05, 0) is 29.4 Å². The van der Waals surface area contributed by atoms with E-state index in [2.05, 4.69) is 32.1 Å². The summed E-state index contributed by atoms with van der Waals surface area (Å²) in [5.74, 6) is 0. The molecule has 1 N–H and O–H groups in total. The quantitative estimate of drug-likeness (QED) is 0.682. The van der Waals surface area contributed by atoms with Crippen LogP contribution in [0.15, 0.2) is 30.3 Å². The summed E-state index contributed by atoms with van der Waals surface area (Å²) in [4.78, 5) is 0. The van der Waals surface area contributed by atoms with Crippen LogP contribution in [-0.2, 0) is 0 Å². The fourth-order valence-electron chi connectivity index (χ4n) is 2.03. The summed E-state index contributed by atoms with van der Waals surface area (Å²) < 4.78 is 0. The van der Waals surface area contributed by atoms with Crippen molar-refractivity contribution in [3.63, 3.8) is 0 Å². The maximum Gasteiger partial charge on any atom is 0.0796 e. The van der Waals surface area contributed by atoms with Crippen LogP contribution < -0.4 is 0 Å². The van der Waals surface area contributed by atoms with Gasteiger partial charge in [0, 0.05) is 0 Å².